The zero-order chi connectivity index (χ0) is 26.7. The first-order valence-corrected chi connectivity index (χ1v) is 13.0. The molecule has 1 saturated carbocycles. The topological polar surface area (TPSA) is 103 Å². The highest BCUT2D eigenvalue weighted by Gasteiger charge is 2.43. The molecule has 1 aliphatic carbocycles. The van der Waals surface area contributed by atoms with Crippen LogP contribution in [0, 0.1) is 17.7 Å². The Hall–Kier alpha value is -3.79. The number of nitrogens with one attached hydrogen (secondary N) is 1. The van der Waals surface area contributed by atoms with Crippen LogP contribution in [0.15, 0.2) is 46.0 Å². The van der Waals surface area contributed by atoms with E-state index in [2.05, 4.69) is 5.32 Å². The zero-order valence-electron chi connectivity index (χ0n) is 21.3. The first-order valence-electron chi connectivity index (χ1n) is 13.0. The Morgan fingerprint density at radius 2 is 1.89 bits per heavy atom. The molecule has 198 valence electrons. The molecular weight excluding hydrogens is 491 g/mol. The predicted octanol–water partition coefficient (Wildman–Crippen LogP) is 2.90. The second kappa shape index (κ2) is 9.20. The Labute approximate surface area is 217 Å². The van der Waals surface area contributed by atoms with Crippen molar-refractivity contribution in [1.82, 2.24) is 14.0 Å². The summed E-state index contributed by atoms with van der Waals surface area (Å²) in [5.74, 6) is -1.82. The van der Waals surface area contributed by atoms with Crippen molar-refractivity contribution in [2.75, 3.05) is 18.5 Å². The van der Waals surface area contributed by atoms with Gasteiger partial charge in [0.15, 0.2) is 0 Å². The Bertz CT molecular complexity index is 1590. The Morgan fingerprint density at radius 3 is 2.61 bits per heavy atom. The molecule has 2 amide bonds. The third kappa shape index (κ3) is 4.03. The van der Waals surface area contributed by atoms with Crippen molar-refractivity contribution in [3.8, 4) is 0 Å². The molecule has 2 fully saturated rings. The fourth-order valence-electron chi connectivity index (χ4n) is 5.58. The second-order valence-electron chi connectivity index (χ2n) is 10.7. The van der Waals surface area contributed by atoms with Gasteiger partial charge in [0.1, 0.15) is 5.82 Å². The van der Waals surface area contributed by atoms with Crippen LogP contribution in [-0.2, 0) is 22.6 Å². The van der Waals surface area contributed by atoms with Gasteiger partial charge in [-0.3, -0.25) is 23.5 Å². The minimum Gasteiger partial charge on any atom is -0.378 e. The van der Waals surface area contributed by atoms with Crippen molar-refractivity contribution in [2.24, 2.45) is 11.8 Å². The summed E-state index contributed by atoms with van der Waals surface area (Å²) in [6.07, 6.45) is 1.93. The third-order valence-corrected chi connectivity index (χ3v) is 7.81. The number of ether oxygens (including phenoxy) is 1. The number of aromatic nitrogens is 2. The van der Waals surface area contributed by atoms with E-state index < -0.39 is 34.9 Å². The summed E-state index contributed by atoms with van der Waals surface area (Å²) in [7, 11) is 0. The number of halogens is 1. The number of carbonyl (C=O) groups is 2. The third-order valence-electron chi connectivity index (χ3n) is 7.81. The maximum Gasteiger partial charge on any atom is 0.331 e. The van der Waals surface area contributed by atoms with Gasteiger partial charge < -0.3 is 15.0 Å². The van der Waals surface area contributed by atoms with Crippen LogP contribution in [0.4, 0.5) is 10.1 Å². The van der Waals surface area contributed by atoms with Crippen LogP contribution >= 0.6 is 0 Å². The summed E-state index contributed by atoms with van der Waals surface area (Å²) in [6.45, 7) is 4.60. The van der Waals surface area contributed by atoms with E-state index in [9.17, 15) is 19.2 Å². The van der Waals surface area contributed by atoms with E-state index in [-0.39, 0.29) is 47.7 Å². The van der Waals surface area contributed by atoms with Crippen molar-refractivity contribution in [2.45, 2.75) is 51.9 Å². The molecule has 1 N–H and O–H groups in total. The largest absolute Gasteiger partial charge is 0.378 e. The highest BCUT2D eigenvalue weighted by molar-refractivity contribution is 6.00. The highest BCUT2D eigenvalue weighted by atomic mass is 19.1. The second-order valence-corrected chi connectivity index (χ2v) is 10.7. The van der Waals surface area contributed by atoms with Crippen molar-refractivity contribution in [1.29, 1.82) is 0 Å². The van der Waals surface area contributed by atoms with Gasteiger partial charge in [-0.05, 0) is 50.3 Å². The molecule has 0 unspecified atom stereocenters. The molecule has 0 bridgehead atoms. The molecule has 3 aromatic rings. The molecule has 3 aliphatic rings. The van der Waals surface area contributed by atoms with Crippen molar-refractivity contribution in [3.63, 3.8) is 0 Å². The van der Waals surface area contributed by atoms with Crippen LogP contribution in [0.2, 0.25) is 0 Å². The molecule has 2 aliphatic heterocycles. The highest BCUT2D eigenvalue weighted by Crippen LogP contribution is 2.32. The summed E-state index contributed by atoms with van der Waals surface area (Å²) < 4.78 is 23.5. The molecule has 9 nitrogen and oxygen atoms in total. The first kappa shape index (κ1) is 24.5. The van der Waals surface area contributed by atoms with Gasteiger partial charge >= 0.3 is 5.69 Å². The Balaban J connectivity index is 1.32. The predicted molar refractivity (Wildman–Crippen MR) is 139 cm³/mol. The van der Waals surface area contributed by atoms with Crippen LogP contribution < -0.4 is 16.6 Å². The summed E-state index contributed by atoms with van der Waals surface area (Å²) >= 11 is 0. The lowest BCUT2D eigenvalue weighted by Gasteiger charge is -2.27. The SMILES string of the molecule is CC(C)n1c(=O)n(CC2CC2)c(=O)c2cc(NC(=O)[C@@H]3COC[C@@H]3N3Cc4ccccc4C3=O)c(F)cc21. The van der Waals surface area contributed by atoms with Crippen LogP contribution in [-0.4, -0.2) is 45.1 Å². The van der Waals surface area contributed by atoms with Gasteiger partial charge in [0.05, 0.1) is 41.8 Å². The van der Waals surface area contributed by atoms with Crippen LogP contribution in [0.25, 0.3) is 10.9 Å². The molecule has 0 spiro atoms. The lowest BCUT2D eigenvalue weighted by molar-refractivity contribution is -0.120. The Morgan fingerprint density at radius 1 is 1.13 bits per heavy atom. The summed E-state index contributed by atoms with van der Waals surface area (Å²) in [5, 5.41) is 2.80. The van der Waals surface area contributed by atoms with Gasteiger partial charge in [-0.1, -0.05) is 18.2 Å². The summed E-state index contributed by atoms with van der Waals surface area (Å²) in [6, 6.07) is 8.97. The van der Waals surface area contributed by atoms with E-state index in [1.807, 2.05) is 12.1 Å². The van der Waals surface area contributed by atoms with Gasteiger partial charge in [-0.15, -0.1) is 0 Å². The lowest BCUT2D eigenvalue weighted by Crippen LogP contribution is -2.45. The molecule has 6 rings (SSSR count). The molecule has 0 radical (unpaired) electrons. The van der Waals surface area contributed by atoms with E-state index in [0.29, 0.717) is 18.7 Å². The quantitative estimate of drug-likeness (QED) is 0.539. The molecule has 10 heteroatoms. The molecule has 38 heavy (non-hydrogen) atoms. The lowest BCUT2D eigenvalue weighted by atomic mass is 10.0. The number of carbonyl (C=O) groups excluding carboxylic acids is 2. The van der Waals surface area contributed by atoms with Gasteiger partial charge in [0, 0.05) is 30.8 Å². The van der Waals surface area contributed by atoms with Gasteiger partial charge in [0.25, 0.3) is 11.5 Å². The number of hydrogen-bond acceptors (Lipinski definition) is 5. The standard InChI is InChI=1S/C28H29FN4O5/c1-15(2)33-23-10-21(29)22(9-19(23)27(36)32(28(33)37)11-16-7-8-16)30-25(34)20-13-38-14-24(20)31-12-17-5-3-4-6-18(17)26(31)35/h3-6,9-10,15-16,20,24H,7-8,11-14H2,1-2H3,(H,30,34)/t20-,24+/m1/s1. The zero-order valence-corrected chi connectivity index (χ0v) is 21.3. The number of anilines is 1. The van der Waals surface area contributed by atoms with Crippen LogP contribution in [0.1, 0.15) is 48.7 Å². The maximum absolute atomic E-state index is 15.3. The average molecular weight is 521 g/mol. The Kier molecular flexibility index (Phi) is 5.94. The van der Waals surface area contributed by atoms with E-state index >= 15 is 4.39 Å². The molecule has 2 atom stereocenters. The minimum absolute atomic E-state index is 0.0902. The first-order chi connectivity index (χ1) is 18.2. The van der Waals surface area contributed by atoms with Crippen molar-refractivity contribution < 1.29 is 18.7 Å². The maximum atomic E-state index is 15.3. The summed E-state index contributed by atoms with van der Waals surface area (Å²) in [5.41, 5.74) is 0.600. The number of fused-ring (bicyclic) bond motifs is 2. The molecule has 1 saturated heterocycles. The number of rotatable bonds is 6. The van der Waals surface area contributed by atoms with Gasteiger partial charge in [-0.25, -0.2) is 9.18 Å². The van der Waals surface area contributed by atoms with Crippen LogP contribution in [0.5, 0.6) is 0 Å². The fraction of sp³-hybridized carbons (Fsp3) is 0.429. The number of hydrogen-bond donors (Lipinski definition) is 1. The van der Waals surface area contributed by atoms with E-state index in [4.69, 9.17) is 4.74 Å². The molecule has 1 aromatic heterocycles. The minimum atomic E-state index is -0.751. The van der Waals surface area contributed by atoms with Crippen molar-refractivity contribution >= 4 is 28.4 Å². The number of benzene rings is 2. The monoisotopic (exact) mass is 520 g/mol. The average Bonchev–Trinajstić information content (AvgIpc) is 3.46. The van der Waals surface area contributed by atoms with E-state index in [1.165, 1.54) is 15.2 Å². The summed E-state index contributed by atoms with van der Waals surface area (Å²) in [4.78, 5) is 54.4. The number of nitrogens with zero attached hydrogens (tertiary/aromatic N) is 3. The van der Waals surface area contributed by atoms with Crippen LogP contribution in [0.3, 0.4) is 0 Å². The normalized spacial score (nSPS) is 20.9. The smallest absolute Gasteiger partial charge is 0.331 e. The molecular formula is C28H29FN4O5. The van der Waals surface area contributed by atoms with Gasteiger partial charge in [0.2, 0.25) is 5.91 Å². The number of amides is 2. The van der Waals surface area contributed by atoms with E-state index in [0.717, 1.165) is 24.5 Å². The molecule has 2 aromatic carbocycles. The van der Waals surface area contributed by atoms with Gasteiger partial charge in [-0.2, -0.15) is 0 Å². The van der Waals surface area contributed by atoms with Crippen molar-refractivity contribution in [3.05, 3.63) is 74.2 Å². The molecule has 3 heterocycles. The van der Waals surface area contributed by atoms with E-state index in [1.54, 1.807) is 30.9 Å². The fourth-order valence-corrected chi connectivity index (χ4v) is 5.58.